The maximum atomic E-state index is 13.4. The summed E-state index contributed by atoms with van der Waals surface area (Å²) in [5.74, 6) is -0.678. The summed E-state index contributed by atoms with van der Waals surface area (Å²) in [5.41, 5.74) is 3.42. The van der Waals surface area contributed by atoms with Crippen molar-refractivity contribution in [3.05, 3.63) is 106 Å². The average molecular weight is 701 g/mol. The third-order valence-corrected chi connectivity index (χ3v) is 9.48. The quantitative estimate of drug-likeness (QED) is 0.0977. The van der Waals surface area contributed by atoms with E-state index in [1.807, 2.05) is 30.3 Å². The summed E-state index contributed by atoms with van der Waals surface area (Å²) in [6.45, 7) is 4.44. The van der Waals surface area contributed by atoms with E-state index in [4.69, 9.17) is 12.2 Å². The fourth-order valence-corrected chi connectivity index (χ4v) is 7.05. The molecule has 0 saturated carbocycles. The number of carbonyl (C=O) groups is 4. The minimum absolute atomic E-state index is 0.227. The van der Waals surface area contributed by atoms with Gasteiger partial charge >= 0.3 is 0 Å². The fraction of sp³-hybridized carbons (Fsp3) is 0.222. The highest BCUT2D eigenvalue weighted by Gasteiger charge is 2.34. The number of nitrogens with one attached hydrogen (secondary N) is 3. The Labute approximate surface area is 296 Å². The Morgan fingerprint density at radius 3 is 1.69 bits per heavy atom. The lowest BCUT2D eigenvalue weighted by atomic mass is 9.93. The van der Waals surface area contributed by atoms with Crippen molar-refractivity contribution in [1.29, 1.82) is 0 Å². The van der Waals surface area contributed by atoms with E-state index < -0.39 is 0 Å². The predicted molar refractivity (Wildman–Crippen MR) is 191 cm³/mol. The zero-order valence-corrected chi connectivity index (χ0v) is 28.4. The molecule has 0 unspecified atom stereocenters. The number of aromatic nitrogens is 6. The number of aryl methyl sites for hydroxylation is 1. The van der Waals surface area contributed by atoms with E-state index in [1.54, 1.807) is 59.3 Å². The average Bonchev–Trinajstić information content (AvgIpc) is 3.78. The topological polar surface area (TPSA) is 163 Å². The number of aromatic amines is 1. The van der Waals surface area contributed by atoms with E-state index in [2.05, 4.69) is 30.8 Å². The molecule has 8 rings (SSSR count). The molecule has 15 heteroatoms. The van der Waals surface area contributed by atoms with E-state index in [1.165, 1.54) is 9.80 Å². The van der Waals surface area contributed by atoms with Crippen LogP contribution in [0, 0.1) is 11.7 Å². The van der Waals surface area contributed by atoms with E-state index in [0.717, 1.165) is 28.6 Å². The molecule has 51 heavy (non-hydrogen) atoms. The summed E-state index contributed by atoms with van der Waals surface area (Å²) in [7, 11) is 0. The second kappa shape index (κ2) is 13.1. The first-order valence-corrected chi connectivity index (χ1v) is 17.0. The van der Waals surface area contributed by atoms with Crippen molar-refractivity contribution in [2.24, 2.45) is 0 Å². The van der Waals surface area contributed by atoms with Crippen molar-refractivity contribution in [2.75, 3.05) is 39.3 Å². The van der Waals surface area contributed by atoms with Gasteiger partial charge in [-0.2, -0.15) is 5.10 Å². The molecule has 0 radical (unpaired) electrons. The summed E-state index contributed by atoms with van der Waals surface area (Å²) in [4.78, 5) is 64.6. The number of benzene rings is 4. The van der Waals surface area contributed by atoms with Crippen LogP contribution in [-0.2, 0) is 0 Å². The third kappa shape index (κ3) is 5.60. The zero-order valence-electron chi connectivity index (χ0n) is 27.5. The molecule has 0 spiro atoms. The van der Waals surface area contributed by atoms with E-state index >= 15 is 0 Å². The van der Waals surface area contributed by atoms with Gasteiger partial charge in [0.25, 0.3) is 23.6 Å². The van der Waals surface area contributed by atoms with Crippen LogP contribution in [0.4, 0.5) is 0 Å². The Morgan fingerprint density at radius 1 is 0.647 bits per heavy atom. The van der Waals surface area contributed by atoms with Gasteiger partial charge in [-0.15, -0.1) is 0 Å². The number of hydrogen-bond donors (Lipinski definition) is 3. The first-order chi connectivity index (χ1) is 24.8. The molecule has 0 aliphatic carbocycles. The fourth-order valence-electron chi connectivity index (χ4n) is 6.90. The van der Waals surface area contributed by atoms with E-state index in [0.29, 0.717) is 69.8 Å². The Morgan fingerprint density at radius 2 is 1.18 bits per heavy atom. The summed E-state index contributed by atoms with van der Waals surface area (Å²) in [5, 5.41) is 16.8. The maximum absolute atomic E-state index is 13.4. The molecular weight excluding hydrogens is 669 g/mol. The number of amides is 4. The number of hydrogen-bond acceptors (Lipinski definition) is 10. The molecule has 4 amide bonds. The molecule has 2 aromatic heterocycles. The first kappa shape index (κ1) is 32.3. The number of H-pyrrole nitrogens is 1. The van der Waals surface area contributed by atoms with Crippen LogP contribution in [0.3, 0.4) is 0 Å². The Bertz CT molecular complexity index is 2420. The van der Waals surface area contributed by atoms with Crippen LogP contribution in [0.5, 0.6) is 0 Å². The lowest BCUT2D eigenvalue weighted by Crippen LogP contribution is -2.44. The van der Waals surface area contributed by atoms with Gasteiger partial charge in [-0.1, -0.05) is 24.3 Å². The van der Waals surface area contributed by atoms with E-state index in [-0.39, 0.29) is 36.7 Å². The summed E-state index contributed by atoms with van der Waals surface area (Å²) in [6.07, 6.45) is 3.95. The molecule has 0 fully saturated rings. The highest BCUT2D eigenvalue weighted by atomic mass is 32.1. The maximum Gasteiger partial charge on any atom is 0.261 e. The Balaban J connectivity index is 0.821. The van der Waals surface area contributed by atoms with Gasteiger partial charge < -0.3 is 10.6 Å². The highest BCUT2D eigenvalue weighted by Crippen LogP contribution is 2.35. The second-order valence-electron chi connectivity index (χ2n) is 12.4. The summed E-state index contributed by atoms with van der Waals surface area (Å²) < 4.78 is 3.66. The molecule has 0 atom stereocenters. The van der Waals surface area contributed by atoms with Gasteiger partial charge in [0.1, 0.15) is 18.5 Å². The molecule has 6 aromatic rings. The van der Waals surface area contributed by atoms with Crippen LogP contribution >= 0.6 is 12.2 Å². The minimum Gasteiger partial charge on any atom is -0.315 e. The molecule has 2 aliphatic rings. The minimum atomic E-state index is -0.330. The van der Waals surface area contributed by atoms with E-state index in [9.17, 15) is 19.2 Å². The van der Waals surface area contributed by atoms with Crippen molar-refractivity contribution in [1.82, 2.24) is 50.0 Å². The number of nitrogens with zero attached hydrogens (tertiary/aromatic N) is 7. The summed E-state index contributed by atoms with van der Waals surface area (Å²) >= 11 is 5.11. The van der Waals surface area contributed by atoms with Gasteiger partial charge in [-0.25, -0.2) is 19.3 Å². The summed E-state index contributed by atoms with van der Waals surface area (Å²) in [6, 6.07) is 18.0. The van der Waals surface area contributed by atoms with Crippen LogP contribution in [0.2, 0.25) is 0 Å². The van der Waals surface area contributed by atoms with Crippen LogP contribution < -0.4 is 10.6 Å². The molecule has 0 saturated heterocycles. The van der Waals surface area contributed by atoms with Crippen LogP contribution in [0.15, 0.2) is 73.3 Å². The molecule has 256 valence electrons. The normalized spacial score (nSPS) is 14.1. The molecule has 0 bridgehead atoms. The molecule has 14 nitrogen and oxygen atoms in total. The van der Waals surface area contributed by atoms with Crippen LogP contribution in [0.1, 0.15) is 53.7 Å². The smallest absolute Gasteiger partial charge is 0.261 e. The second-order valence-corrected chi connectivity index (χ2v) is 12.8. The van der Waals surface area contributed by atoms with Gasteiger partial charge in [0.05, 0.1) is 11.4 Å². The van der Waals surface area contributed by atoms with Gasteiger partial charge in [-0.05, 0) is 75.1 Å². The van der Waals surface area contributed by atoms with Crippen molar-refractivity contribution in [2.45, 2.75) is 13.3 Å². The van der Waals surface area contributed by atoms with Crippen molar-refractivity contribution in [3.63, 3.8) is 0 Å². The standard InChI is InChI=1S/C36H32N10O4S/c1-21-39-19-45(41-21)28-11-9-26-30-22(28)5-2-7-24(30)32(47)43(34(26)49)17-15-37-13-4-14-38-16-18-44-33(48)25-8-3-6-23-29(46-20-40-36(51)42-46)12-10-27(31(23)25)35(44)50/h2-3,5-12,19-20,37-38H,4,13-18H2,1H3,(H,42,51). The molecule has 4 aromatic carbocycles. The van der Waals surface area contributed by atoms with Crippen molar-refractivity contribution >= 4 is 57.4 Å². The Hall–Kier alpha value is -5.90. The largest absolute Gasteiger partial charge is 0.315 e. The van der Waals surface area contributed by atoms with Crippen LogP contribution in [0.25, 0.3) is 32.9 Å². The molecule has 2 aliphatic heterocycles. The number of imide groups is 2. The lowest BCUT2D eigenvalue weighted by molar-refractivity contribution is 0.0597. The lowest BCUT2D eigenvalue weighted by Gasteiger charge is -2.28. The van der Waals surface area contributed by atoms with Gasteiger partial charge in [0.15, 0.2) is 0 Å². The predicted octanol–water partition coefficient (Wildman–Crippen LogP) is 3.59. The third-order valence-electron chi connectivity index (χ3n) is 9.29. The Kier molecular flexibility index (Phi) is 8.30. The zero-order chi connectivity index (χ0) is 35.2. The highest BCUT2D eigenvalue weighted by molar-refractivity contribution is 7.71. The number of rotatable bonds is 12. The molecule has 3 N–H and O–H groups in total. The SMILES string of the molecule is Cc1ncn(-c2ccc3c4c(cccc24)C(=O)N(CCNCCCNCCN2C(=O)c4cccc5c(-n6cnc(=S)[nH]6)ccc(c45)C2=O)C3=O)n1. The monoisotopic (exact) mass is 700 g/mol. The van der Waals surface area contributed by atoms with Gasteiger partial charge in [0.2, 0.25) is 4.77 Å². The molecule has 4 heterocycles. The van der Waals surface area contributed by atoms with Crippen LogP contribution in [-0.4, -0.2) is 102 Å². The molecular formula is C36H32N10O4S. The van der Waals surface area contributed by atoms with Gasteiger partial charge in [0, 0.05) is 70.0 Å². The van der Waals surface area contributed by atoms with Gasteiger partial charge in [-0.3, -0.25) is 34.1 Å². The van der Waals surface area contributed by atoms with Crippen molar-refractivity contribution < 1.29 is 19.2 Å². The number of carbonyl (C=O) groups excluding carboxylic acids is 4. The first-order valence-electron chi connectivity index (χ1n) is 16.6. The van der Waals surface area contributed by atoms with Crippen molar-refractivity contribution in [3.8, 4) is 11.4 Å².